The maximum Gasteiger partial charge on any atom is 0.148 e. The highest BCUT2D eigenvalue weighted by Crippen LogP contribution is 2.18. The van der Waals surface area contributed by atoms with Crippen molar-refractivity contribution in [3.63, 3.8) is 0 Å². The molecular weight excluding hydrogens is 292 g/mol. The zero-order valence-electron chi connectivity index (χ0n) is 13.1. The molecule has 0 spiro atoms. The first kappa shape index (κ1) is 17.6. The van der Waals surface area contributed by atoms with Gasteiger partial charge in [-0.2, -0.15) is 0 Å². The van der Waals surface area contributed by atoms with Crippen molar-refractivity contribution in [1.82, 2.24) is 10.2 Å². The number of hydrogen-bond acceptors (Lipinski definition) is 5. The minimum Gasteiger partial charge on any atom is -0.307 e. The molecule has 0 fully saturated rings. The predicted molar refractivity (Wildman–Crippen MR) is 87.0 cm³/mol. The number of thiophene rings is 1. The first-order valence-corrected chi connectivity index (χ1v) is 9.62. The Labute approximate surface area is 127 Å². The van der Waals surface area contributed by atoms with E-state index in [1.165, 1.54) is 16.0 Å². The summed E-state index contributed by atoms with van der Waals surface area (Å²) in [7, 11) is -0.923. The molecule has 0 saturated carbocycles. The third-order valence-electron chi connectivity index (χ3n) is 2.78. The molecule has 20 heavy (non-hydrogen) atoms. The number of sulfone groups is 1. The normalized spacial score (nSPS) is 13.1. The van der Waals surface area contributed by atoms with Crippen LogP contribution in [0.25, 0.3) is 0 Å². The summed E-state index contributed by atoms with van der Waals surface area (Å²) in [5.41, 5.74) is 0.121. The lowest BCUT2D eigenvalue weighted by molar-refractivity contribution is 0.349. The molecule has 116 valence electrons. The Hall–Kier alpha value is -0.430. The smallest absolute Gasteiger partial charge is 0.148 e. The predicted octanol–water partition coefficient (Wildman–Crippen LogP) is 2.11. The largest absolute Gasteiger partial charge is 0.307 e. The minimum atomic E-state index is -2.88. The van der Waals surface area contributed by atoms with Crippen LogP contribution in [0.2, 0.25) is 0 Å². The molecule has 0 unspecified atom stereocenters. The van der Waals surface area contributed by atoms with E-state index in [9.17, 15) is 8.42 Å². The van der Waals surface area contributed by atoms with E-state index >= 15 is 0 Å². The average Bonchev–Trinajstić information content (AvgIpc) is 2.70. The van der Waals surface area contributed by atoms with E-state index in [4.69, 9.17) is 0 Å². The zero-order valence-corrected chi connectivity index (χ0v) is 14.7. The summed E-state index contributed by atoms with van der Waals surface area (Å²) in [5, 5.41) is 3.47. The Morgan fingerprint density at radius 2 is 1.85 bits per heavy atom. The van der Waals surface area contributed by atoms with Crippen LogP contribution < -0.4 is 5.32 Å². The summed E-state index contributed by atoms with van der Waals surface area (Å²) in [6, 6.07) is 4.27. The van der Waals surface area contributed by atoms with E-state index in [0.717, 1.165) is 13.1 Å². The van der Waals surface area contributed by atoms with Gasteiger partial charge >= 0.3 is 0 Å². The van der Waals surface area contributed by atoms with Gasteiger partial charge < -0.3 is 10.2 Å². The van der Waals surface area contributed by atoms with E-state index in [1.807, 2.05) is 11.9 Å². The van der Waals surface area contributed by atoms with Crippen molar-refractivity contribution >= 4 is 21.2 Å². The lowest BCUT2D eigenvalue weighted by atomic mass is 10.1. The van der Waals surface area contributed by atoms with Gasteiger partial charge in [0, 0.05) is 41.2 Å². The molecule has 0 bridgehead atoms. The standard InChI is InChI=1S/C14H26N2O2S2/c1-14(2,3)15-10-12-6-7-13(19-12)11-16(4)8-9-20(5,17)18/h6-7,15H,8-11H2,1-5H3. The number of hydrogen-bond donors (Lipinski definition) is 1. The van der Waals surface area contributed by atoms with Crippen LogP contribution in [0.1, 0.15) is 30.5 Å². The van der Waals surface area contributed by atoms with Crippen molar-refractivity contribution < 1.29 is 8.42 Å². The summed E-state index contributed by atoms with van der Waals surface area (Å²) in [5.74, 6) is 0.216. The van der Waals surface area contributed by atoms with Crippen LogP contribution in [0.4, 0.5) is 0 Å². The quantitative estimate of drug-likeness (QED) is 0.836. The molecule has 1 N–H and O–H groups in total. The summed E-state index contributed by atoms with van der Waals surface area (Å²) in [6.45, 7) is 8.71. The summed E-state index contributed by atoms with van der Waals surface area (Å²) in [6.07, 6.45) is 1.28. The van der Waals surface area contributed by atoms with Crippen LogP contribution in [-0.2, 0) is 22.9 Å². The van der Waals surface area contributed by atoms with Crippen LogP contribution in [0.3, 0.4) is 0 Å². The Morgan fingerprint density at radius 1 is 1.25 bits per heavy atom. The van der Waals surface area contributed by atoms with E-state index in [0.29, 0.717) is 6.54 Å². The van der Waals surface area contributed by atoms with Crippen LogP contribution in [0.15, 0.2) is 12.1 Å². The Morgan fingerprint density at radius 3 is 2.40 bits per heavy atom. The first-order chi connectivity index (χ1) is 9.05. The number of nitrogens with zero attached hydrogens (tertiary/aromatic N) is 1. The van der Waals surface area contributed by atoms with Gasteiger partial charge in [-0.3, -0.25) is 0 Å². The highest BCUT2D eigenvalue weighted by atomic mass is 32.2. The van der Waals surface area contributed by atoms with Crippen LogP contribution >= 0.6 is 11.3 Å². The molecule has 0 atom stereocenters. The van der Waals surface area contributed by atoms with Gasteiger partial charge in [0.05, 0.1) is 5.75 Å². The lowest BCUT2D eigenvalue weighted by Crippen LogP contribution is -2.34. The molecule has 0 aliphatic rings. The average molecular weight is 319 g/mol. The Balaban J connectivity index is 2.43. The SMILES string of the molecule is CN(CCS(C)(=O)=O)Cc1ccc(CNC(C)(C)C)s1. The fourth-order valence-corrected chi connectivity index (χ4v) is 3.30. The summed E-state index contributed by atoms with van der Waals surface area (Å²) >= 11 is 1.78. The van der Waals surface area contributed by atoms with Gasteiger partial charge in [0.2, 0.25) is 0 Å². The van der Waals surface area contributed by atoms with Gasteiger partial charge in [-0.1, -0.05) is 0 Å². The maximum absolute atomic E-state index is 11.1. The van der Waals surface area contributed by atoms with Gasteiger partial charge in [-0.25, -0.2) is 8.42 Å². The van der Waals surface area contributed by atoms with Crippen molar-refractivity contribution in [3.05, 3.63) is 21.9 Å². The highest BCUT2D eigenvalue weighted by molar-refractivity contribution is 7.90. The van der Waals surface area contributed by atoms with Crippen molar-refractivity contribution in [2.75, 3.05) is 25.6 Å². The molecule has 0 radical (unpaired) electrons. The Bertz CT molecular complexity index is 516. The second kappa shape index (κ2) is 7.02. The molecule has 1 rings (SSSR count). The highest BCUT2D eigenvalue weighted by Gasteiger charge is 2.11. The van der Waals surface area contributed by atoms with Gasteiger partial charge in [-0.05, 0) is 40.0 Å². The second-order valence-corrected chi connectivity index (χ2v) is 9.85. The molecule has 0 aromatic carbocycles. The van der Waals surface area contributed by atoms with Crippen molar-refractivity contribution in [2.24, 2.45) is 0 Å². The molecule has 0 aliphatic carbocycles. The molecule has 4 nitrogen and oxygen atoms in total. The van der Waals surface area contributed by atoms with Gasteiger partial charge in [0.1, 0.15) is 9.84 Å². The maximum atomic E-state index is 11.1. The monoisotopic (exact) mass is 318 g/mol. The lowest BCUT2D eigenvalue weighted by Gasteiger charge is -2.19. The van der Waals surface area contributed by atoms with E-state index in [-0.39, 0.29) is 11.3 Å². The fourth-order valence-electron chi connectivity index (χ4n) is 1.62. The molecular formula is C14H26N2O2S2. The van der Waals surface area contributed by atoms with Gasteiger partial charge in [-0.15, -0.1) is 11.3 Å². The van der Waals surface area contributed by atoms with Crippen LogP contribution in [0.5, 0.6) is 0 Å². The molecule has 0 aliphatic heterocycles. The van der Waals surface area contributed by atoms with E-state index in [1.54, 1.807) is 11.3 Å². The summed E-state index contributed by atoms with van der Waals surface area (Å²) < 4.78 is 22.3. The van der Waals surface area contributed by atoms with Crippen LogP contribution in [-0.4, -0.2) is 44.5 Å². The van der Waals surface area contributed by atoms with Gasteiger partial charge in [0.15, 0.2) is 0 Å². The van der Waals surface area contributed by atoms with Crippen molar-refractivity contribution in [3.8, 4) is 0 Å². The van der Waals surface area contributed by atoms with Crippen LogP contribution in [0, 0.1) is 0 Å². The second-order valence-electron chi connectivity index (χ2n) is 6.34. The molecule has 0 amide bonds. The first-order valence-electron chi connectivity index (χ1n) is 6.74. The molecule has 1 heterocycles. The van der Waals surface area contributed by atoms with E-state index in [2.05, 4.69) is 38.2 Å². The third-order valence-corrected chi connectivity index (χ3v) is 4.77. The topological polar surface area (TPSA) is 49.4 Å². The fraction of sp³-hybridized carbons (Fsp3) is 0.714. The molecule has 1 aromatic heterocycles. The number of rotatable bonds is 7. The zero-order chi connectivity index (χ0) is 15.4. The molecule has 1 aromatic rings. The Kier molecular flexibility index (Phi) is 6.19. The minimum absolute atomic E-state index is 0.121. The van der Waals surface area contributed by atoms with E-state index < -0.39 is 9.84 Å². The number of nitrogens with one attached hydrogen (secondary N) is 1. The van der Waals surface area contributed by atoms with Crippen molar-refractivity contribution in [2.45, 2.75) is 39.4 Å². The van der Waals surface area contributed by atoms with Gasteiger partial charge in [0.25, 0.3) is 0 Å². The molecule has 6 heteroatoms. The third kappa shape index (κ3) is 7.99. The summed E-state index contributed by atoms with van der Waals surface area (Å²) in [4.78, 5) is 4.63. The van der Waals surface area contributed by atoms with Crippen molar-refractivity contribution in [1.29, 1.82) is 0 Å². The molecule has 0 saturated heterocycles.